The molecule has 1 aliphatic heterocycles. The topological polar surface area (TPSA) is 91.4 Å². The van der Waals surface area contributed by atoms with E-state index in [2.05, 4.69) is 15.0 Å². The molecule has 3 heterocycles. The van der Waals surface area contributed by atoms with Crippen LogP contribution in [-0.2, 0) is 16.1 Å². The maximum absolute atomic E-state index is 13.1. The Morgan fingerprint density at radius 3 is 2.73 bits per heavy atom. The van der Waals surface area contributed by atoms with Crippen LogP contribution in [-0.4, -0.2) is 68.3 Å². The lowest BCUT2D eigenvalue weighted by atomic mass is 9.94. The Labute approximate surface area is 176 Å². The molecule has 1 aliphatic carbocycles. The summed E-state index contributed by atoms with van der Waals surface area (Å²) in [6, 6.07) is 5.93. The molecule has 0 spiro atoms. The second kappa shape index (κ2) is 9.38. The van der Waals surface area contributed by atoms with E-state index in [1.165, 1.54) is 6.42 Å². The molecule has 4 rings (SSSR count). The molecule has 160 valence electrons. The second-order valence-electron chi connectivity index (χ2n) is 8.19. The van der Waals surface area contributed by atoms with E-state index >= 15 is 0 Å². The molecule has 1 N–H and O–H groups in total. The molecule has 2 amide bonds. The minimum atomic E-state index is -0.277. The predicted molar refractivity (Wildman–Crippen MR) is 111 cm³/mol. The van der Waals surface area contributed by atoms with Crippen molar-refractivity contribution in [3.63, 3.8) is 0 Å². The molecule has 2 fully saturated rings. The SMILES string of the molecule is Cc1cnc(C(=O)N2CC(=O)N(C3CCCCC3)CC(OCc3ccccn3)C2)[nH]1. The predicted octanol–water partition coefficient (Wildman–Crippen LogP) is 2.32. The van der Waals surface area contributed by atoms with E-state index in [4.69, 9.17) is 4.74 Å². The minimum Gasteiger partial charge on any atom is -0.368 e. The fraction of sp³-hybridized carbons (Fsp3) is 0.545. The monoisotopic (exact) mass is 411 g/mol. The number of nitrogens with zero attached hydrogens (tertiary/aromatic N) is 4. The number of imidazole rings is 1. The molecule has 8 heteroatoms. The lowest BCUT2D eigenvalue weighted by molar-refractivity contribution is -0.134. The summed E-state index contributed by atoms with van der Waals surface area (Å²) in [4.78, 5) is 41.1. The molecule has 1 saturated carbocycles. The number of H-pyrrole nitrogens is 1. The molecule has 0 radical (unpaired) electrons. The molecular formula is C22H29N5O3. The third kappa shape index (κ3) is 4.87. The number of pyridine rings is 1. The van der Waals surface area contributed by atoms with Gasteiger partial charge in [0, 0.05) is 37.2 Å². The summed E-state index contributed by atoms with van der Waals surface area (Å²) < 4.78 is 6.16. The molecule has 2 aliphatic rings. The van der Waals surface area contributed by atoms with Gasteiger partial charge in [-0.25, -0.2) is 4.98 Å². The number of carbonyl (C=O) groups excluding carboxylic acids is 2. The van der Waals surface area contributed by atoms with E-state index in [-0.39, 0.29) is 36.3 Å². The number of carbonyl (C=O) groups is 2. The number of hydrogen-bond acceptors (Lipinski definition) is 5. The Bertz CT molecular complexity index is 863. The molecule has 0 aromatic carbocycles. The maximum atomic E-state index is 13.1. The number of nitrogens with one attached hydrogen (secondary N) is 1. The molecule has 30 heavy (non-hydrogen) atoms. The standard InChI is InChI=1S/C22H29N5O3/c1-16-11-24-21(25-16)22(29)26-12-19(30-15-17-7-5-6-10-23-17)13-27(20(28)14-26)18-8-3-2-4-9-18/h5-7,10-11,18-19H,2-4,8-9,12-15H2,1H3,(H,24,25). The summed E-state index contributed by atoms with van der Waals surface area (Å²) in [5.74, 6) is -0.0225. The Morgan fingerprint density at radius 2 is 2.03 bits per heavy atom. The van der Waals surface area contributed by atoms with E-state index in [1.54, 1.807) is 17.3 Å². The van der Waals surface area contributed by atoms with Gasteiger partial charge in [-0.1, -0.05) is 25.3 Å². The van der Waals surface area contributed by atoms with Gasteiger partial charge in [-0.15, -0.1) is 0 Å². The number of amides is 2. The Balaban J connectivity index is 1.52. The number of rotatable bonds is 5. The molecule has 2 aromatic rings. The van der Waals surface area contributed by atoms with Gasteiger partial charge in [0.1, 0.15) is 6.54 Å². The Morgan fingerprint density at radius 1 is 1.20 bits per heavy atom. The number of aromatic nitrogens is 3. The van der Waals surface area contributed by atoms with Gasteiger partial charge in [0.2, 0.25) is 5.91 Å². The van der Waals surface area contributed by atoms with Gasteiger partial charge in [-0.2, -0.15) is 0 Å². The first-order valence-corrected chi connectivity index (χ1v) is 10.7. The third-order valence-electron chi connectivity index (χ3n) is 5.87. The average molecular weight is 412 g/mol. The van der Waals surface area contributed by atoms with Crippen molar-refractivity contribution in [2.75, 3.05) is 19.6 Å². The summed E-state index contributed by atoms with van der Waals surface area (Å²) in [5.41, 5.74) is 1.64. The summed E-state index contributed by atoms with van der Waals surface area (Å²) in [6.07, 6.45) is 8.62. The second-order valence-corrected chi connectivity index (χ2v) is 8.19. The van der Waals surface area contributed by atoms with E-state index < -0.39 is 0 Å². The van der Waals surface area contributed by atoms with Gasteiger partial charge in [0.25, 0.3) is 5.91 Å². The van der Waals surface area contributed by atoms with Crippen LogP contribution in [0, 0.1) is 6.92 Å². The van der Waals surface area contributed by atoms with Crippen molar-refractivity contribution in [2.45, 2.75) is 57.8 Å². The summed E-state index contributed by atoms with van der Waals surface area (Å²) in [5, 5.41) is 0. The zero-order valence-electron chi connectivity index (χ0n) is 17.4. The van der Waals surface area contributed by atoms with Gasteiger partial charge in [-0.05, 0) is 31.9 Å². The van der Waals surface area contributed by atoms with Crippen molar-refractivity contribution in [3.05, 3.63) is 47.8 Å². The van der Waals surface area contributed by atoms with Gasteiger partial charge in [0.05, 0.1) is 18.4 Å². The third-order valence-corrected chi connectivity index (χ3v) is 5.87. The minimum absolute atomic E-state index is 0.0116. The fourth-order valence-electron chi connectivity index (χ4n) is 4.31. The summed E-state index contributed by atoms with van der Waals surface area (Å²) in [6.45, 7) is 3.09. The number of aromatic amines is 1. The average Bonchev–Trinajstić information content (AvgIpc) is 3.14. The number of ether oxygens (including phenoxy) is 1. The van der Waals surface area contributed by atoms with Gasteiger partial charge in [0.15, 0.2) is 5.82 Å². The van der Waals surface area contributed by atoms with Crippen molar-refractivity contribution < 1.29 is 14.3 Å². The van der Waals surface area contributed by atoms with Gasteiger partial charge in [-0.3, -0.25) is 14.6 Å². The van der Waals surface area contributed by atoms with Crippen LogP contribution in [0.5, 0.6) is 0 Å². The van der Waals surface area contributed by atoms with Gasteiger partial charge < -0.3 is 19.5 Å². The van der Waals surface area contributed by atoms with Crippen LogP contribution in [0.15, 0.2) is 30.6 Å². The van der Waals surface area contributed by atoms with Crippen LogP contribution in [0.25, 0.3) is 0 Å². The molecule has 2 aromatic heterocycles. The van der Waals surface area contributed by atoms with Crippen molar-refractivity contribution in [1.82, 2.24) is 24.8 Å². The van der Waals surface area contributed by atoms with Gasteiger partial charge >= 0.3 is 0 Å². The zero-order chi connectivity index (χ0) is 20.9. The van der Waals surface area contributed by atoms with Crippen molar-refractivity contribution >= 4 is 11.8 Å². The van der Waals surface area contributed by atoms with E-state index in [0.29, 0.717) is 19.7 Å². The summed E-state index contributed by atoms with van der Waals surface area (Å²) in [7, 11) is 0. The number of hydrogen-bond donors (Lipinski definition) is 1. The Hall–Kier alpha value is -2.74. The smallest absolute Gasteiger partial charge is 0.290 e. The zero-order valence-corrected chi connectivity index (χ0v) is 17.4. The summed E-state index contributed by atoms with van der Waals surface area (Å²) >= 11 is 0. The number of aryl methyl sites for hydroxylation is 1. The molecule has 1 unspecified atom stereocenters. The lowest BCUT2D eigenvalue weighted by Crippen LogP contribution is -2.46. The van der Waals surface area contributed by atoms with Crippen LogP contribution >= 0.6 is 0 Å². The lowest BCUT2D eigenvalue weighted by Gasteiger charge is -2.34. The van der Waals surface area contributed by atoms with Crippen LogP contribution in [0.4, 0.5) is 0 Å². The van der Waals surface area contributed by atoms with Crippen LogP contribution in [0.1, 0.15) is 54.1 Å². The van der Waals surface area contributed by atoms with E-state index in [9.17, 15) is 9.59 Å². The molecule has 1 saturated heterocycles. The van der Waals surface area contributed by atoms with E-state index in [1.807, 2.05) is 30.0 Å². The highest BCUT2D eigenvalue weighted by Gasteiger charge is 2.35. The molecular weight excluding hydrogens is 382 g/mol. The normalized spacial score (nSPS) is 21.0. The highest BCUT2D eigenvalue weighted by molar-refractivity contribution is 5.94. The van der Waals surface area contributed by atoms with Crippen LogP contribution in [0.3, 0.4) is 0 Å². The first kappa shape index (κ1) is 20.5. The first-order valence-electron chi connectivity index (χ1n) is 10.7. The maximum Gasteiger partial charge on any atom is 0.290 e. The van der Waals surface area contributed by atoms with Crippen LogP contribution < -0.4 is 0 Å². The van der Waals surface area contributed by atoms with E-state index in [0.717, 1.165) is 37.1 Å². The molecule has 0 bridgehead atoms. The molecule has 1 atom stereocenters. The highest BCUT2D eigenvalue weighted by Crippen LogP contribution is 2.25. The Kier molecular flexibility index (Phi) is 6.42. The largest absolute Gasteiger partial charge is 0.368 e. The fourth-order valence-corrected chi connectivity index (χ4v) is 4.31. The highest BCUT2D eigenvalue weighted by atomic mass is 16.5. The van der Waals surface area contributed by atoms with Crippen LogP contribution in [0.2, 0.25) is 0 Å². The quantitative estimate of drug-likeness (QED) is 0.815. The van der Waals surface area contributed by atoms with Crippen molar-refractivity contribution in [3.8, 4) is 0 Å². The van der Waals surface area contributed by atoms with Crippen molar-refractivity contribution in [2.24, 2.45) is 0 Å². The first-order chi connectivity index (χ1) is 14.6. The molecule has 8 nitrogen and oxygen atoms in total. The van der Waals surface area contributed by atoms with Crippen molar-refractivity contribution in [1.29, 1.82) is 0 Å².